The molecule has 0 saturated carbocycles. The molecule has 1 saturated heterocycles. The fourth-order valence-corrected chi connectivity index (χ4v) is 2.41. The lowest BCUT2D eigenvalue weighted by molar-refractivity contribution is 0.0721. The second-order valence-corrected chi connectivity index (χ2v) is 4.93. The monoisotopic (exact) mass is 236 g/mol. The summed E-state index contributed by atoms with van der Waals surface area (Å²) in [5.74, 6) is 2.22. The van der Waals surface area contributed by atoms with Crippen LogP contribution in [-0.2, 0) is 4.74 Å². The summed E-state index contributed by atoms with van der Waals surface area (Å²) in [6.07, 6.45) is 0.279. The van der Waals surface area contributed by atoms with Crippen molar-refractivity contribution in [3.05, 3.63) is 17.7 Å². The molecule has 4 nitrogen and oxygen atoms in total. The Morgan fingerprint density at radius 1 is 1.12 bits per heavy atom. The molecular formula is C13H16O4. The first-order chi connectivity index (χ1) is 8.06. The molecule has 17 heavy (non-hydrogen) atoms. The van der Waals surface area contributed by atoms with E-state index in [1.165, 1.54) is 0 Å². The normalized spacial score (nSPS) is 27.5. The largest absolute Gasteiger partial charge is 0.493 e. The zero-order valence-corrected chi connectivity index (χ0v) is 10.4. The SMILES string of the molecule is COc1cc2c(cc1OC)C1OC1C(C)(C)O2. The van der Waals surface area contributed by atoms with Gasteiger partial charge >= 0.3 is 0 Å². The minimum Gasteiger partial charge on any atom is -0.493 e. The van der Waals surface area contributed by atoms with Gasteiger partial charge in [0.1, 0.15) is 23.6 Å². The Labute approximate surface area is 100 Å². The van der Waals surface area contributed by atoms with Crippen LogP contribution in [0.5, 0.6) is 17.2 Å². The Kier molecular flexibility index (Phi) is 2.08. The van der Waals surface area contributed by atoms with Crippen LogP contribution in [0.4, 0.5) is 0 Å². The van der Waals surface area contributed by atoms with Gasteiger partial charge in [-0.15, -0.1) is 0 Å². The van der Waals surface area contributed by atoms with Gasteiger partial charge in [0.05, 0.1) is 14.2 Å². The number of ether oxygens (including phenoxy) is 4. The molecule has 0 bridgehead atoms. The molecule has 4 heteroatoms. The van der Waals surface area contributed by atoms with Crippen LogP contribution in [0.15, 0.2) is 12.1 Å². The highest BCUT2D eigenvalue weighted by Gasteiger charge is 2.56. The van der Waals surface area contributed by atoms with Crippen molar-refractivity contribution in [1.82, 2.24) is 0 Å². The first-order valence-corrected chi connectivity index (χ1v) is 5.67. The number of methoxy groups -OCH3 is 2. The first-order valence-electron chi connectivity index (χ1n) is 5.67. The van der Waals surface area contributed by atoms with Crippen LogP contribution in [0.3, 0.4) is 0 Å². The van der Waals surface area contributed by atoms with Crippen LogP contribution in [0, 0.1) is 0 Å². The van der Waals surface area contributed by atoms with E-state index in [2.05, 4.69) is 0 Å². The van der Waals surface area contributed by atoms with Crippen molar-refractivity contribution in [2.75, 3.05) is 14.2 Å². The van der Waals surface area contributed by atoms with Crippen molar-refractivity contribution < 1.29 is 18.9 Å². The van der Waals surface area contributed by atoms with E-state index in [1.807, 2.05) is 26.0 Å². The summed E-state index contributed by atoms with van der Waals surface area (Å²) in [5, 5.41) is 0. The topological polar surface area (TPSA) is 40.2 Å². The molecular weight excluding hydrogens is 220 g/mol. The van der Waals surface area contributed by atoms with Crippen LogP contribution >= 0.6 is 0 Å². The Morgan fingerprint density at radius 2 is 1.76 bits per heavy atom. The van der Waals surface area contributed by atoms with Gasteiger partial charge in [0.15, 0.2) is 11.5 Å². The van der Waals surface area contributed by atoms with Gasteiger partial charge in [0.2, 0.25) is 0 Å². The van der Waals surface area contributed by atoms with Gasteiger partial charge in [-0.2, -0.15) is 0 Å². The molecule has 1 aromatic carbocycles. The smallest absolute Gasteiger partial charge is 0.164 e. The molecule has 0 spiro atoms. The third kappa shape index (κ3) is 1.47. The molecule has 2 heterocycles. The van der Waals surface area contributed by atoms with Crippen LogP contribution in [0.1, 0.15) is 25.5 Å². The summed E-state index contributed by atoms with van der Waals surface area (Å²) in [4.78, 5) is 0. The lowest BCUT2D eigenvalue weighted by atomic mass is 9.94. The summed E-state index contributed by atoms with van der Waals surface area (Å²) in [6, 6.07) is 3.81. The van der Waals surface area contributed by atoms with Gasteiger partial charge in [0, 0.05) is 11.6 Å². The molecule has 0 amide bonds. The van der Waals surface area contributed by atoms with E-state index in [-0.39, 0.29) is 17.8 Å². The third-order valence-corrected chi connectivity index (χ3v) is 3.37. The van der Waals surface area contributed by atoms with Gasteiger partial charge in [-0.1, -0.05) is 0 Å². The molecule has 0 aliphatic carbocycles. The van der Waals surface area contributed by atoms with E-state index in [0.717, 1.165) is 11.3 Å². The van der Waals surface area contributed by atoms with Crippen molar-refractivity contribution in [3.8, 4) is 17.2 Å². The summed E-state index contributed by atoms with van der Waals surface area (Å²) in [7, 11) is 3.25. The quantitative estimate of drug-likeness (QED) is 0.739. The Balaban J connectivity index is 2.08. The van der Waals surface area contributed by atoms with E-state index in [9.17, 15) is 0 Å². The number of hydrogen-bond donors (Lipinski definition) is 0. The molecule has 2 unspecified atom stereocenters. The third-order valence-electron chi connectivity index (χ3n) is 3.37. The van der Waals surface area contributed by atoms with Gasteiger partial charge in [-0.05, 0) is 19.9 Å². The number of fused-ring (bicyclic) bond motifs is 3. The van der Waals surface area contributed by atoms with Crippen molar-refractivity contribution in [3.63, 3.8) is 0 Å². The fraction of sp³-hybridized carbons (Fsp3) is 0.538. The Bertz CT molecular complexity index is 467. The Hall–Kier alpha value is -1.42. The molecule has 2 atom stereocenters. The van der Waals surface area contributed by atoms with Crippen LogP contribution in [-0.4, -0.2) is 25.9 Å². The van der Waals surface area contributed by atoms with Crippen LogP contribution < -0.4 is 14.2 Å². The second kappa shape index (κ2) is 3.29. The molecule has 0 radical (unpaired) electrons. The molecule has 0 N–H and O–H groups in total. The maximum absolute atomic E-state index is 5.95. The summed E-state index contributed by atoms with van der Waals surface area (Å²) < 4.78 is 22.2. The minimum atomic E-state index is -0.280. The van der Waals surface area contributed by atoms with E-state index < -0.39 is 0 Å². The zero-order chi connectivity index (χ0) is 12.2. The molecule has 1 fully saturated rings. The predicted molar refractivity (Wildman–Crippen MR) is 61.9 cm³/mol. The number of benzene rings is 1. The second-order valence-electron chi connectivity index (χ2n) is 4.93. The summed E-state index contributed by atoms with van der Waals surface area (Å²) in [5.41, 5.74) is 0.768. The van der Waals surface area contributed by atoms with Gasteiger partial charge in [-0.3, -0.25) is 0 Å². The highest BCUT2D eigenvalue weighted by atomic mass is 16.6. The highest BCUT2D eigenvalue weighted by molar-refractivity contribution is 5.54. The standard InChI is InChI=1S/C13H16O4/c1-13(2)12-11(16-12)7-5-9(14-3)10(15-4)6-8(7)17-13/h5-6,11-12H,1-4H3. The molecule has 2 aliphatic heterocycles. The molecule has 1 aromatic rings. The Morgan fingerprint density at radius 3 is 2.41 bits per heavy atom. The maximum atomic E-state index is 5.95. The average molecular weight is 236 g/mol. The summed E-state index contributed by atoms with van der Waals surface area (Å²) >= 11 is 0. The molecule has 3 rings (SSSR count). The van der Waals surface area contributed by atoms with Crippen molar-refractivity contribution in [2.24, 2.45) is 0 Å². The van der Waals surface area contributed by atoms with Crippen molar-refractivity contribution in [1.29, 1.82) is 0 Å². The predicted octanol–water partition coefficient (Wildman–Crippen LogP) is 2.31. The van der Waals surface area contributed by atoms with Gasteiger partial charge in [0.25, 0.3) is 0 Å². The van der Waals surface area contributed by atoms with Crippen LogP contribution in [0.2, 0.25) is 0 Å². The van der Waals surface area contributed by atoms with Crippen molar-refractivity contribution >= 4 is 0 Å². The minimum absolute atomic E-state index is 0.133. The molecule has 92 valence electrons. The number of hydrogen-bond acceptors (Lipinski definition) is 4. The first kappa shape index (κ1) is 10.7. The van der Waals surface area contributed by atoms with E-state index in [4.69, 9.17) is 18.9 Å². The molecule has 2 aliphatic rings. The lowest BCUT2D eigenvalue weighted by Crippen LogP contribution is -2.37. The van der Waals surface area contributed by atoms with E-state index in [1.54, 1.807) is 14.2 Å². The lowest BCUT2D eigenvalue weighted by Gasteiger charge is -2.30. The maximum Gasteiger partial charge on any atom is 0.164 e. The fourth-order valence-electron chi connectivity index (χ4n) is 2.41. The van der Waals surface area contributed by atoms with E-state index >= 15 is 0 Å². The van der Waals surface area contributed by atoms with Gasteiger partial charge < -0.3 is 18.9 Å². The van der Waals surface area contributed by atoms with Gasteiger partial charge in [-0.25, -0.2) is 0 Å². The summed E-state index contributed by atoms with van der Waals surface area (Å²) in [6.45, 7) is 4.08. The highest BCUT2D eigenvalue weighted by Crippen LogP contribution is 2.55. The van der Waals surface area contributed by atoms with E-state index in [0.29, 0.717) is 11.5 Å². The zero-order valence-electron chi connectivity index (χ0n) is 10.4. The number of epoxide rings is 1. The average Bonchev–Trinajstić information content (AvgIpc) is 3.08. The number of rotatable bonds is 2. The van der Waals surface area contributed by atoms with Crippen molar-refractivity contribution in [2.45, 2.75) is 31.7 Å². The molecule has 0 aromatic heterocycles. The van der Waals surface area contributed by atoms with Crippen LogP contribution in [0.25, 0.3) is 0 Å².